The molecule has 1 atom stereocenters. The Hall–Kier alpha value is -1.82. The van der Waals surface area contributed by atoms with Crippen LogP contribution in [0.3, 0.4) is 0 Å². The van der Waals surface area contributed by atoms with Crippen molar-refractivity contribution >= 4 is 17.5 Å². The maximum Gasteiger partial charge on any atom is 0.337 e. The normalized spacial score (nSPS) is 18.9. The number of hydrogen-bond donors (Lipinski definition) is 3. The van der Waals surface area contributed by atoms with E-state index in [9.17, 15) is 4.79 Å². The van der Waals surface area contributed by atoms with Crippen LogP contribution in [0.25, 0.3) is 0 Å². The Morgan fingerprint density at radius 2 is 2.50 bits per heavy atom. The second-order valence-corrected chi connectivity index (χ2v) is 3.63. The van der Waals surface area contributed by atoms with Crippen LogP contribution in [0, 0.1) is 0 Å². The first kappa shape index (κ1) is 10.7. The van der Waals surface area contributed by atoms with Gasteiger partial charge in [-0.2, -0.15) is 0 Å². The molecule has 0 unspecified atom stereocenters. The van der Waals surface area contributed by atoms with E-state index in [1.54, 1.807) is 0 Å². The number of carboxylic acids is 1. The zero-order chi connectivity index (χ0) is 11.5. The quantitative estimate of drug-likeness (QED) is 0.690. The van der Waals surface area contributed by atoms with Crippen LogP contribution in [0.2, 0.25) is 0 Å². The molecular weight excluding hydrogens is 210 g/mol. The number of aromatic carboxylic acids is 1. The number of pyridine rings is 1. The fourth-order valence-electron chi connectivity index (χ4n) is 1.40. The minimum Gasteiger partial charge on any atom is -0.478 e. The predicted octanol–water partition coefficient (Wildman–Crippen LogP) is 0.563. The SMILES string of the molecule is Nc1cc(C(=O)O)cnc1NC[C@@H]1CCO1. The fraction of sp³-hybridized carbons (Fsp3) is 0.400. The molecule has 0 bridgehead atoms. The van der Waals surface area contributed by atoms with Crippen LogP contribution >= 0.6 is 0 Å². The Labute approximate surface area is 92.4 Å². The van der Waals surface area contributed by atoms with Gasteiger partial charge in [-0.05, 0) is 12.5 Å². The number of hydrogen-bond acceptors (Lipinski definition) is 5. The molecule has 0 aliphatic carbocycles. The summed E-state index contributed by atoms with van der Waals surface area (Å²) in [6.07, 6.45) is 2.52. The Kier molecular flexibility index (Phi) is 2.91. The van der Waals surface area contributed by atoms with Gasteiger partial charge in [-0.15, -0.1) is 0 Å². The smallest absolute Gasteiger partial charge is 0.337 e. The van der Waals surface area contributed by atoms with Crippen molar-refractivity contribution in [2.75, 3.05) is 24.2 Å². The summed E-state index contributed by atoms with van der Waals surface area (Å²) in [6, 6.07) is 1.39. The fourth-order valence-corrected chi connectivity index (χ4v) is 1.40. The Bertz CT molecular complexity index is 404. The third kappa shape index (κ3) is 2.22. The van der Waals surface area contributed by atoms with Crippen molar-refractivity contribution < 1.29 is 14.6 Å². The summed E-state index contributed by atoms with van der Waals surface area (Å²) in [4.78, 5) is 14.6. The maximum absolute atomic E-state index is 10.7. The Balaban J connectivity index is 2.00. The highest BCUT2D eigenvalue weighted by molar-refractivity contribution is 5.89. The van der Waals surface area contributed by atoms with Crippen LogP contribution in [0.1, 0.15) is 16.8 Å². The highest BCUT2D eigenvalue weighted by Crippen LogP contribution is 2.18. The summed E-state index contributed by atoms with van der Waals surface area (Å²) >= 11 is 0. The lowest BCUT2D eigenvalue weighted by atomic mass is 10.2. The van der Waals surface area contributed by atoms with E-state index < -0.39 is 5.97 Å². The lowest BCUT2D eigenvalue weighted by Crippen LogP contribution is -2.33. The van der Waals surface area contributed by atoms with E-state index in [0.717, 1.165) is 13.0 Å². The summed E-state index contributed by atoms with van der Waals surface area (Å²) < 4.78 is 5.23. The molecular formula is C10H13N3O3. The Morgan fingerprint density at radius 3 is 3.00 bits per heavy atom. The maximum atomic E-state index is 10.7. The topological polar surface area (TPSA) is 97.5 Å². The summed E-state index contributed by atoms with van der Waals surface area (Å²) in [5, 5.41) is 11.8. The summed E-state index contributed by atoms with van der Waals surface area (Å²) in [5.74, 6) is -0.534. The van der Waals surface area contributed by atoms with Crippen LogP contribution < -0.4 is 11.1 Å². The average molecular weight is 223 g/mol. The lowest BCUT2D eigenvalue weighted by molar-refractivity contribution is -0.0410. The first-order valence-electron chi connectivity index (χ1n) is 5.01. The van der Waals surface area contributed by atoms with Gasteiger partial charge < -0.3 is 20.9 Å². The molecule has 1 aliphatic rings. The molecule has 2 heterocycles. The minimum atomic E-state index is -1.03. The summed E-state index contributed by atoms with van der Waals surface area (Å²) in [6.45, 7) is 1.44. The van der Waals surface area contributed by atoms with E-state index in [1.807, 2.05) is 0 Å². The summed E-state index contributed by atoms with van der Waals surface area (Å²) in [7, 11) is 0. The molecule has 6 heteroatoms. The monoisotopic (exact) mass is 223 g/mol. The van der Waals surface area contributed by atoms with Crippen molar-refractivity contribution in [1.82, 2.24) is 4.98 Å². The van der Waals surface area contributed by atoms with E-state index in [1.165, 1.54) is 12.3 Å². The summed E-state index contributed by atoms with van der Waals surface area (Å²) in [5.41, 5.74) is 6.09. The predicted molar refractivity (Wildman–Crippen MR) is 58.5 cm³/mol. The number of rotatable bonds is 4. The van der Waals surface area contributed by atoms with Gasteiger partial charge in [-0.25, -0.2) is 9.78 Å². The molecule has 86 valence electrons. The number of nitrogens with two attached hydrogens (primary N) is 1. The molecule has 1 fully saturated rings. The largest absolute Gasteiger partial charge is 0.478 e. The number of ether oxygens (including phenoxy) is 1. The van der Waals surface area contributed by atoms with Crippen molar-refractivity contribution in [3.05, 3.63) is 17.8 Å². The zero-order valence-electron chi connectivity index (χ0n) is 8.64. The number of nitrogen functional groups attached to an aromatic ring is 1. The van der Waals surface area contributed by atoms with Gasteiger partial charge in [-0.1, -0.05) is 0 Å². The standard InChI is InChI=1S/C10H13N3O3/c11-8-3-6(10(14)15)4-12-9(8)13-5-7-1-2-16-7/h3-4,7H,1-2,5,11H2,(H,12,13)(H,14,15)/t7-/m0/s1. The highest BCUT2D eigenvalue weighted by atomic mass is 16.5. The molecule has 1 aromatic rings. The molecule has 0 radical (unpaired) electrons. The van der Waals surface area contributed by atoms with Crippen LogP contribution in [-0.2, 0) is 4.74 Å². The van der Waals surface area contributed by atoms with Gasteiger partial charge in [0.05, 0.1) is 17.4 Å². The lowest BCUT2D eigenvalue weighted by Gasteiger charge is -2.26. The van der Waals surface area contributed by atoms with Crippen LogP contribution in [0.15, 0.2) is 12.3 Å². The van der Waals surface area contributed by atoms with Gasteiger partial charge in [0.1, 0.15) is 5.82 Å². The molecule has 4 N–H and O–H groups in total. The van der Waals surface area contributed by atoms with Gasteiger partial charge in [0, 0.05) is 19.3 Å². The zero-order valence-corrected chi connectivity index (χ0v) is 8.64. The van der Waals surface area contributed by atoms with E-state index in [-0.39, 0.29) is 11.7 Å². The van der Waals surface area contributed by atoms with Crippen molar-refractivity contribution in [3.63, 3.8) is 0 Å². The van der Waals surface area contributed by atoms with Crippen LogP contribution in [0.5, 0.6) is 0 Å². The molecule has 1 saturated heterocycles. The van der Waals surface area contributed by atoms with Crippen molar-refractivity contribution in [2.45, 2.75) is 12.5 Å². The van der Waals surface area contributed by atoms with Gasteiger partial charge in [0.15, 0.2) is 0 Å². The van der Waals surface area contributed by atoms with Gasteiger partial charge in [-0.3, -0.25) is 0 Å². The van der Waals surface area contributed by atoms with Crippen molar-refractivity contribution in [3.8, 4) is 0 Å². The molecule has 2 rings (SSSR count). The molecule has 6 nitrogen and oxygen atoms in total. The molecule has 16 heavy (non-hydrogen) atoms. The van der Waals surface area contributed by atoms with E-state index in [2.05, 4.69) is 10.3 Å². The van der Waals surface area contributed by atoms with E-state index >= 15 is 0 Å². The number of aromatic nitrogens is 1. The molecule has 0 amide bonds. The van der Waals surface area contributed by atoms with Crippen LogP contribution in [-0.4, -0.2) is 35.3 Å². The van der Waals surface area contributed by atoms with E-state index in [4.69, 9.17) is 15.6 Å². The molecule has 0 saturated carbocycles. The first-order valence-corrected chi connectivity index (χ1v) is 5.01. The number of nitrogens with one attached hydrogen (secondary N) is 1. The highest BCUT2D eigenvalue weighted by Gasteiger charge is 2.18. The number of nitrogens with zero attached hydrogens (tertiary/aromatic N) is 1. The molecule has 0 spiro atoms. The van der Waals surface area contributed by atoms with Gasteiger partial charge >= 0.3 is 5.97 Å². The van der Waals surface area contributed by atoms with Crippen LogP contribution in [0.4, 0.5) is 11.5 Å². The third-order valence-corrected chi connectivity index (χ3v) is 2.45. The third-order valence-electron chi connectivity index (χ3n) is 2.45. The molecule has 1 aromatic heterocycles. The minimum absolute atomic E-state index is 0.0861. The second kappa shape index (κ2) is 4.36. The molecule has 1 aliphatic heterocycles. The van der Waals surface area contributed by atoms with Crippen molar-refractivity contribution in [1.29, 1.82) is 0 Å². The van der Waals surface area contributed by atoms with E-state index in [0.29, 0.717) is 18.1 Å². The second-order valence-electron chi connectivity index (χ2n) is 3.63. The van der Waals surface area contributed by atoms with Gasteiger partial charge in [0.25, 0.3) is 0 Å². The van der Waals surface area contributed by atoms with Gasteiger partial charge in [0.2, 0.25) is 0 Å². The number of anilines is 2. The van der Waals surface area contributed by atoms with Crippen molar-refractivity contribution in [2.24, 2.45) is 0 Å². The average Bonchev–Trinajstić information content (AvgIpc) is 2.17. The number of carbonyl (C=O) groups is 1. The number of carboxylic acid groups (broad SMARTS) is 1. The molecule has 0 aromatic carbocycles. The first-order chi connectivity index (χ1) is 7.66. The Morgan fingerprint density at radius 1 is 1.75 bits per heavy atom.